The molecule has 1 N–H and O–H groups in total. The van der Waals surface area contributed by atoms with Gasteiger partial charge in [0.15, 0.2) is 9.84 Å². The van der Waals surface area contributed by atoms with Crippen molar-refractivity contribution in [3.8, 4) is 0 Å². The highest BCUT2D eigenvalue weighted by Crippen LogP contribution is 2.23. The molecule has 0 saturated carbocycles. The third-order valence-electron chi connectivity index (χ3n) is 4.70. The Morgan fingerprint density at radius 2 is 1.73 bits per heavy atom. The van der Waals surface area contributed by atoms with Crippen LogP contribution in [0.3, 0.4) is 0 Å². The third kappa shape index (κ3) is 4.99. The first-order valence-corrected chi connectivity index (χ1v) is 12.6. The number of carbonyl (C=O) groups is 1. The number of rotatable bonds is 7. The number of nitrogens with zero attached hydrogens (tertiary/aromatic N) is 1. The molecule has 0 atom stereocenters. The van der Waals surface area contributed by atoms with Crippen LogP contribution in [0, 0.1) is 11.7 Å². The zero-order valence-electron chi connectivity index (χ0n) is 16.6. The van der Waals surface area contributed by atoms with E-state index in [0.717, 1.165) is 12.1 Å². The van der Waals surface area contributed by atoms with Crippen molar-refractivity contribution in [2.45, 2.75) is 24.0 Å². The van der Waals surface area contributed by atoms with Gasteiger partial charge in [-0.1, -0.05) is 19.9 Å². The molecule has 1 fully saturated rings. The lowest BCUT2D eigenvalue weighted by Crippen LogP contribution is -2.57. The summed E-state index contributed by atoms with van der Waals surface area (Å²) in [6.45, 7) is 3.98. The van der Waals surface area contributed by atoms with E-state index in [2.05, 4.69) is 4.72 Å². The molecule has 0 bridgehead atoms. The number of hydrogen-bond donors (Lipinski definition) is 1. The van der Waals surface area contributed by atoms with Gasteiger partial charge in [0.1, 0.15) is 5.82 Å². The second kappa shape index (κ2) is 8.35. The molecule has 1 saturated heterocycles. The molecule has 0 spiro atoms. The van der Waals surface area contributed by atoms with E-state index in [9.17, 15) is 26.0 Å². The van der Waals surface area contributed by atoms with Crippen molar-refractivity contribution in [3.63, 3.8) is 0 Å². The number of sulfonamides is 1. The van der Waals surface area contributed by atoms with Crippen LogP contribution in [-0.4, -0.2) is 51.7 Å². The molecule has 7 nitrogen and oxygen atoms in total. The summed E-state index contributed by atoms with van der Waals surface area (Å²) in [7, 11) is -7.19. The number of amides is 1. The minimum Gasteiger partial charge on any atom is -0.336 e. The van der Waals surface area contributed by atoms with E-state index < -0.39 is 30.9 Å². The smallest absolute Gasteiger partial charge is 0.261 e. The Bertz CT molecular complexity index is 1140. The highest BCUT2D eigenvalue weighted by atomic mass is 32.2. The Balaban J connectivity index is 1.63. The maximum Gasteiger partial charge on any atom is 0.261 e. The number of halogens is 1. The predicted octanol–water partition coefficient (Wildman–Crippen LogP) is 2.52. The fraction of sp³-hybridized carbons (Fsp3) is 0.350. The molecule has 2 aromatic rings. The first-order valence-electron chi connectivity index (χ1n) is 9.37. The minimum atomic E-state index is -3.96. The summed E-state index contributed by atoms with van der Waals surface area (Å²) in [4.78, 5) is 13.8. The summed E-state index contributed by atoms with van der Waals surface area (Å²) < 4.78 is 64.7. The van der Waals surface area contributed by atoms with Crippen molar-refractivity contribution in [2.75, 3.05) is 23.6 Å². The molecule has 0 unspecified atom stereocenters. The normalized spacial score (nSPS) is 15.1. The molecule has 1 amide bonds. The van der Waals surface area contributed by atoms with Gasteiger partial charge in [0, 0.05) is 24.3 Å². The second-order valence-electron chi connectivity index (χ2n) is 7.70. The molecule has 10 heteroatoms. The van der Waals surface area contributed by atoms with Gasteiger partial charge in [0.05, 0.1) is 15.9 Å². The van der Waals surface area contributed by atoms with Crippen molar-refractivity contribution in [1.29, 1.82) is 0 Å². The summed E-state index contributed by atoms with van der Waals surface area (Å²) in [5.41, 5.74) is 0.542. The standard InChI is InChI=1S/C20H23FN2O5S2/c1-14(2)13-29(25,26)19-11-23(12-19)20(24)15-6-8-17(9-7-15)22-30(27,28)18-5-3-4-16(21)10-18/h3-10,14,19,22H,11-13H2,1-2H3. The summed E-state index contributed by atoms with van der Waals surface area (Å²) in [5, 5.41) is -0.541. The van der Waals surface area contributed by atoms with Crippen LogP contribution in [0.1, 0.15) is 24.2 Å². The molecule has 1 aliphatic heterocycles. The number of nitrogens with one attached hydrogen (secondary N) is 1. The van der Waals surface area contributed by atoms with Crippen LogP contribution in [0.15, 0.2) is 53.4 Å². The van der Waals surface area contributed by atoms with Gasteiger partial charge in [-0.05, 0) is 48.4 Å². The molecule has 1 heterocycles. The van der Waals surface area contributed by atoms with Gasteiger partial charge >= 0.3 is 0 Å². The first kappa shape index (κ1) is 22.2. The van der Waals surface area contributed by atoms with Crippen LogP contribution in [0.4, 0.5) is 10.1 Å². The maximum absolute atomic E-state index is 13.3. The SMILES string of the molecule is CC(C)CS(=O)(=O)C1CN(C(=O)c2ccc(NS(=O)(=O)c3cccc(F)c3)cc2)C1. The van der Waals surface area contributed by atoms with E-state index in [0.29, 0.717) is 5.56 Å². The number of likely N-dealkylation sites (tertiary alicyclic amines) is 1. The average Bonchev–Trinajstić information content (AvgIpc) is 2.59. The zero-order chi connectivity index (χ0) is 22.1. The van der Waals surface area contributed by atoms with Crippen LogP contribution in [0.25, 0.3) is 0 Å². The molecule has 1 aliphatic rings. The van der Waals surface area contributed by atoms with E-state index in [1.165, 1.54) is 41.3 Å². The molecular weight excluding hydrogens is 431 g/mol. The summed E-state index contributed by atoms with van der Waals surface area (Å²) in [6.07, 6.45) is 0. The summed E-state index contributed by atoms with van der Waals surface area (Å²) in [5.74, 6) is -0.851. The molecular formula is C20H23FN2O5S2. The largest absolute Gasteiger partial charge is 0.336 e. The van der Waals surface area contributed by atoms with Gasteiger partial charge in [-0.25, -0.2) is 21.2 Å². The lowest BCUT2D eigenvalue weighted by Gasteiger charge is -2.39. The summed E-state index contributed by atoms with van der Waals surface area (Å²) >= 11 is 0. The second-order valence-corrected chi connectivity index (χ2v) is 11.7. The average molecular weight is 455 g/mol. The number of anilines is 1. The van der Waals surface area contributed by atoms with Crippen molar-refractivity contribution < 1.29 is 26.0 Å². The third-order valence-corrected chi connectivity index (χ3v) is 8.52. The number of benzene rings is 2. The fourth-order valence-electron chi connectivity index (χ4n) is 3.14. The fourth-order valence-corrected chi connectivity index (χ4v) is 6.25. The Kier molecular flexibility index (Phi) is 6.19. The molecule has 3 rings (SSSR count). The number of hydrogen-bond acceptors (Lipinski definition) is 5. The molecule has 0 radical (unpaired) electrons. The maximum atomic E-state index is 13.3. The molecule has 30 heavy (non-hydrogen) atoms. The van der Waals surface area contributed by atoms with Gasteiger partial charge in [-0.15, -0.1) is 0 Å². The highest BCUT2D eigenvalue weighted by Gasteiger charge is 2.39. The van der Waals surface area contributed by atoms with Crippen LogP contribution >= 0.6 is 0 Å². The Labute approximate surface area is 175 Å². The Morgan fingerprint density at radius 3 is 2.30 bits per heavy atom. The number of sulfone groups is 1. The highest BCUT2D eigenvalue weighted by molar-refractivity contribution is 7.92. The van der Waals surface area contributed by atoms with Gasteiger partial charge in [-0.2, -0.15) is 0 Å². The van der Waals surface area contributed by atoms with Crippen molar-refractivity contribution in [2.24, 2.45) is 5.92 Å². The quantitative estimate of drug-likeness (QED) is 0.693. The Morgan fingerprint density at radius 1 is 1.10 bits per heavy atom. The van der Waals surface area contributed by atoms with E-state index in [-0.39, 0.29) is 41.3 Å². The topological polar surface area (TPSA) is 101 Å². The number of carbonyl (C=O) groups excluding carboxylic acids is 1. The van der Waals surface area contributed by atoms with E-state index in [4.69, 9.17) is 0 Å². The first-order chi connectivity index (χ1) is 14.0. The van der Waals surface area contributed by atoms with Crippen LogP contribution in [0.5, 0.6) is 0 Å². The van der Waals surface area contributed by atoms with Crippen LogP contribution in [-0.2, 0) is 19.9 Å². The molecule has 2 aromatic carbocycles. The van der Waals surface area contributed by atoms with Crippen molar-refractivity contribution in [3.05, 3.63) is 59.9 Å². The van der Waals surface area contributed by atoms with Gasteiger partial charge in [0.2, 0.25) is 0 Å². The van der Waals surface area contributed by atoms with E-state index in [1.54, 1.807) is 0 Å². The monoisotopic (exact) mass is 454 g/mol. The minimum absolute atomic E-state index is 0.0310. The van der Waals surface area contributed by atoms with Crippen LogP contribution < -0.4 is 4.72 Å². The van der Waals surface area contributed by atoms with Gasteiger partial charge < -0.3 is 4.90 Å². The lowest BCUT2D eigenvalue weighted by atomic mass is 10.1. The lowest BCUT2D eigenvalue weighted by molar-refractivity contribution is 0.0659. The molecule has 162 valence electrons. The predicted molar refractivity (Wildman–Crippen MR) is 112 cm³/mol. The van der Waals surface area contributed by atoms with Crippen LogP contribution in [0.2, 0.25) is 0 Å². The zero-order valence-corrected chi connectivity index (χ0v) is 18.2. The van der Waals surface area contributed by atoms with Crippen molar-refractivity contribution in [1.82, 2.24) is 4.90 Å². The summed E-state index contributed by atoms with van der Waals surface area (Å²) in [6, 6.07) is 10.4. The van der Waals surface area contributed by atoms with Gasteiger partial charge in [0.25, 0.3) is 15.9 Å². The van der Waals surface area contributed by atoms with E-state index in [1.807, 2.05) is 13.8 Å². The van der Waals surface area contributed by atoms with Crippen molar-refractivity contribution >= 4 is 31.5 Å². The van der Waals surface area contributed by atoms with Gasteiger partial charge in [-0.3, -0.25) is 9.52 Å². The molecule has 0 aromatic heterocycles. The Hall–Kier alpha value is -2.46. The van der Waals surface area contributed by atoms with E-state index >= 15 is 0 Å². The molecule has 0 aliphatic carbocycles.